The summed E-state index contributed by atoms with van der Waals surface area (Å²) in [5.74, 6) is 1.63. The van der Waals surface area contributed by atoms with Gasteiger partial charge in [0.1, 0.15) is 0 Å². The van der Waals surface area contributed by atoms with Gasteiger partial charge in [-0.15, -0.1) is 0 Å². The Bertz CT molecular complexity index is 337. The zero-order chi connectivity index (χ0) is 12.0. The summed E-state index contributed by atoms with van der Waals surface area (Å²) in [5, 5.41) is 0. The maximum atomic E-state index is 5.49. The van der Waals surface area contributed by atoms with Crippen molar-refractivity contribution in [3.05, 3.63) is 23.3 Å². The van der Waals surface area contributed by atoms with Crippen molar-refractivity contribution < 1.29 is 9.47 Å². The van der Waals surface area contributed by atoms with Crippen molar-refractivity contribution in [2.45, 2.75) is 26.2 Å². The molecule has 0 fully saturated rings. The van der Waals surface area contributed by atoms with Crippen molar-refractivity contribution in [3.63, 3.8) is 0 Å². The monoisotopic (exact) mass is 223 g/mol. The minimum Gasteiger partial charge on any atom is -0.493 e. The third-order valence-corrected chi connectivity index (χ3v) is 2.81. The molecule has 0 aromatic heterocycles. The fourth-order valence-corrected chi connectivity index (χ4v) is 1.85. The lowest BCUT2D eigenvalue weighted by atomic mass is 10.0. The van der Waals surface area contributed by atoms with E-state index in [1.54, 1.807) is 14.2 Å². The first-order valence-corrected chi connectivity index (χ1v) is 5.65. The molecule has 90 valence electrons. The normalized spacial score (nSPS) is 10.2. The van der Waals surface area contributed by atoms with Gasteiger partial charge in [0.05, 0.1) is 14.2 Å². The Morgan fingerprint density at radius 1 is 1.12 bits per heavy atom. The molecule has 0 saturated carbocycles. The zero-order valence-corrected chi connectivity index (χ0v) is 10.4. The van der Waals surface area contributed by atoms with Crippen LogP contribution in [-0.4, -0.2) is 20.8 Å². The number of rotatable bonds is 6. The summed E-state index contributed by atoms with van der Waals surface area (Å²) in [5.41, 5.74) is 7.96. The van der Waals surface area contributed by atoms with Gasteiger partial charge in [-0.1, -0.05) is 6.07 Å². The van der Waals surface area contributed by atoms with Crippen molar-refractivity contribution >= 4 is 0 Å². The predicted molar refractivity (Wildman–Crippen MR) is 66.3 cm³/mol. The highest BCUT2D eigenvalue weighted by Crippen LogP contribution is 2.33. The Balaban J connectivity index is 2.86. The smallest absolute Gasteiger partial charge is 0.163 e. The third kappa shape index (κ3) is 2.89. The highest BCUT2D eigenvalue weighted by Gasteiger charge is 2.10. The summed E-state index contributed by atoms with van der Waals surface area (Å²) in [6.07, 6.45) is 3.23. The minimum absolute atomic E-state index is 0.756. The van der Waals surface area contributed by atoms with Gasteiger partial charge in [-0.25, -0.2) is 0 Å². The molecule has 16 heavy (non-hydrogen) atoms. The lowest BCUT2D eigenvalue weighted by Gasteiger charge is -2.14. The average Bonchev–Trinajstić information content (AvgIpc) is 2.31. The van der Waals surface area contributed by atoms with Gasteiger partial charge in [0.15, 0.2) is 11.5 Å². The van der Waals surface area contributed by atoms with Gasteiger partial charge < -0.3 is 15.2 Å². The number of ether oxygens (including phenoxy) is 2. The van der Waals surface area contributed by atoms with Crippen LogP contribution in [-0.2, 0) is 6.42 Å². The van der Waals surface area contributed by atoms with E-state index < -0.39 is 0 Å². The maximum absolute atomic E-state index is 5.49. The summed E-state index contributed by atoms with van der Waals surface area (Å²) in [7, 11) is 3.33. The summed E-state index contributed by atoms with van der Waals surface area (Å²) in [6.45, 7) is 2.82. The van der Waals surface area contributed by atoms with E-state index >= 15 is 0 Å². The Hall–Kier alpha value is -1.22. The zero-order valence-electron chi connectivity index (χ0n) is 10.4. The van der Waals surface area contributed by atoms with Crippen LogP contribution in [0.25, 0.3) is 0 Å². The molecule has 0 bridgehead atoms. The van der Waals surface area contributed by atoms with Gasteiger partial charge >= 0.3 is 0 Å². The highest BCUT2D eigenvalue weighted by molar-refractivity contribution is 5.50. The third-order valence-electron chi connectivity index (χ3n) is 2.81. The standard InChI is InChI=1S/C13H21NO2/c1-10-11(6-4-5-9-14)7-8-12(15-2)13(10)16-3/h7-8H,4-6,9,14H2,1-3H3. The van der Waals surface area contributed by atoms with E-state index in [0.717, 1.165) is 37.3 Å². The fraction of sp³-hybridized carbons (Fsp3) is 0.538. The van der Waals surface area contributed by atoms with Crippen LogP contribution in [0.5, 0.6) is 11.5 Å². The van der Waals surface area contributed by atoms with Crippen LogP contribution in [0.15, 0.2) is 12.1 Å². The summed E-state index contributed by atoms with van der Waals surface area (Å²) < 4.78 is 10.6. The second kappa shape index (κ2) is 6.38. The second-order valence-electron chi connectivity index (χ2n) is 3.83. The van der Waals surface area contributed by atoms with Crippen LogP contribution in [0.1, 0.15) is 24.0 Å². The summed E-state index contributed by atoms with van der Waals surface area (Å²) >= 11 is 0. The van der Waals surface area contributed by atoms with Gasteiger partial charge in [0.25, 0.3) is 0 Å². The molecule has 1 aromatic carbocycles. The van der Waals surface area contributed by atoms with Crippen molar-refractivity contribution in [2.75, 3.05) is 20.8 Å². The first kappa shape index (κ1) is 12.8. The van der Waals surface area contributed by atoms with Crippen LogP contribution in [0, 0.1) is 6.92 Å². The SMILES string of the molecule is COc1ccc(CCCCN)c(C)c1OC. The van der Waals surface area contributed by atoms with E-state index in [1.807, 2.05) is 6.07 Å². The fourth-order valence-electron chi connectivity index (χ4n) is 1.85. The molecule has 0 radical (unpaired) electrons. The number of benzene rings is 1. The van der Waals surface area contributed by atoms with Crippen molar-refractivity contribution in [1.29, 1.82) is 0 Å². The van der Waals surface area contributed by atoms with E-state index in [-0.39, 0.29) is 0 Å². The van der Waals surface area contributed by atoms with E-state index in [2.05, 4.69) is 13.0 Å². The number of unbranched alkanes of at least 4 members (excludes halogenated alkanes) is 1. The van der Waals surface area contributed by atoms with E-state index in [4.69, 9.17) is 15.2 Å². The Labute approximate surface area is 97.6 Å². The molecule has 1 rings (SSSR count). The maximum Gasteiger partial charge on any atom is 0.163 e. The van der Waals surface area contributed by atoms with Crippen LogP contribution < -0.4 is 15.2 Å². The van der Waals surface area contributed by atoms with Gasteiger partial charge in [-0.2, -0.15) is 0 Å². The molecule has 0 heterocycles. The van der Waals surface area contributed by atoms with Crippen molar-refractivity contribution in [2.24, 2.45) is 5.73 Å². The Morgan fingerprint density at radius 3 is 2.44 bits per heavy atom. The average molecular weight is 223 g/mol. The molecular formula is C13H21NO2. The number of nitrogens with two attached hydrogens (primary N) is 1. The lowest BCUT2D eigenvalue weighted by Crippen LogP contribution is -2.01. The number of aryl methyl sites for hydroxylation is 1. The molecule has 0 aliphatic heterocycles. The van der Waals surface area contributed by atoms with Crippen molar-refractivity contribution in [3.8, 4) is 11.5 Å². The molecule has 3 nitrogen and oxygen atoms in total. The Morgan fingerprint density at radius 2 is 1.88 bits per heavy atom. The van der Waals surface area contributed by atoms with Crippen LogP contribution in [0.3, 0.4) is 0 Å². The number of hydrogen-bond acceptors (Lipinski definition) is 3. The number of methoxy groups -OCH3 is 2. The molecule has 0 unspecified atom stereocenters. The minimum atomic E-state index is 0.756. The largest absolute Gasteiger partial charge is 0.493 e. The van der Waals surface area contributed by atoms with E-state index in [9.17, 15) is 0 Å². The van der Waals surface area contributed by atoms with Gasteiger partial charge in [0, 0.05) is 0 Å². The summed E-state index contributed by atoms with van der Waals surface area (Å²) in [4.78, 5) is 0. The number of hydrogen-bond donors (Lipinski definition) is 1. The predicted octanol–water partition coefficient (Wildman–Crippen LogP) is 2.29. The lowest BCUT2D eigenvalue weighted by molar-refractivity contribution is 0.352. The molecule has 0 spiro atoms. The molecule has 2 N–H and O–H groups in total. The molecule has 0 aliphatic carbocycles. The van der Waals surface area contributed by atoms with Gasteiger partial charge in [-0.3, -0.25) is 0 Å². The van der Waals surface area contributed by atoms with Gasteiger partial charge in [-0.05, 0) is 49.9 Å². The van der Waals surface area contributed by atoms with Crippen molar-refractivity contribution in [1.82, 2.24) is 0 Å². The second-order valence-corrected chi connectivity index (χ2v) is 3.83. The molecule has 1 aromatic rings. The van der Waals surface area contributed by atoms with Gasteiger partial charge in [0.2, 0.25) is 0 Å². The molecule has 0 saturated heterocycles. The topological polar surface area (TPSA) is 44.5 Å². The highest BCUT2D eigenvalue weighted by atomic mass is 16.5. The molecule has 3 heteroatoms. The molecular weight excluding hydrogens is 202 g/mol. The quantitative estimate of drug-likeness (QED) is 0.753. The molecule has 0 amide bonds. The van der Waals surface area contributed by atoms with E-state index in [0.29, 0.717) is 0 Å². The van der Waals surface area contributed by atoms with Crippen LogP contribution in [0.4, 0.5) is 0 Å². The Kier molecular flexibility index (Phi) is 5.12. The summed E-state index contributed by atoms with van der Waals surface area (Å²) in [6, 6.07) is 4.07. The first-order valence-electron chi connectivity index (χ1n) is 5.65. The first-order chi connectivity index (χ1) is 7.74. The molecule has 0 aliphatic rings. The molecule has 0 atom stereocenters. The van der Waals surface area contributed by atoms with Crippen LogP contribution in [0.2, 0.25) is 0 Å². The van der Waals surface area contributed by atoms with Crippen LogP contribution >= 0.6 is 0 Å². The van der Waals surface area contributed by atoms with E-state index in [1.165, 1.54) is 11.1 Å².